The van der Waals surface area contributed by atoms with Crippen molar-refractivity contribution in [2.24, 2.45) is 10.7 Å². The first kappa shape index (κ1) is 18.7. The molecule has 1 unspecified atom stereocenters. The van der Waals surface area contributed by atoms with E-state index in [-0.39, 0.29) is 11.9 Å². The van der Waals surface area contributed by atoms with Crippen LogP contribution in [0.5, 0.6) is 0 Å². The third kappa shape index (κ3) is 2.92. The van der Waals surface area contributed by atoms with E-state index in [1.807, 2.05) is 42.6 Å². The van der Waals surface area contributed by atoms with Crippen molar-refractivity contribution in [2.75, 3.05) is 7.05 Å². The van der Waals surface area contributed by atoms with Crippen molar-refractivity contribution < 1.29 is 9.90 Å². The van der Waals surface area contributed by atoms with Gasteiger partial charge in [-0.1, -0.05) is 24.3 Å². The number of likely N-dealkylation sites (N-methyl/N-ethyl adjacent to an activating group) is 1. The van der Waals surface area contributed by atoms with Crippen molar-refractivity contribution in [2.45, 2.75) is 43.2 Å². The van der Waals surface area contributed by atoms with Crippen LogP contribution in [0.15, 0.2) is 45.2 Å². The van der Waals surface area contributed by atoms with E-state index in [9.17, 15) is 9.90 Å². The summed E-state index contributed by atoms with van der Waals surface area (Å²) in [6.45, 7) is 1.96. The third-order valence-electron chi connectivity index (χ3n) is 5.86. The summed E-state index contributed by atoms with van der Waals surface area (Å²) in [5, 5.41) is 12.6. The molecule has 1 aromatic carbocycles. The van der Waals surface area contributed by atoms with Gasteiger partial charge in [0.25, 0.3) is 0 Å². The molecule has 0 radical (unpaired) electrons. The molecule has 1 saturated carbocycles. The molecule has 2 heterocycles. The van der Waals surface area contributed by atoms with E-state index in [2.05, 4.69) is 15.9 Å². The summed E-state index contributed by atoms with van der Waals surface area (Å²) in [6.07, 6.45) is 2.63. The average Bonchev–Trinajstić information content (AvgIpc) is 3.06. The van der Waals surface area contributed by atoms with Gasteiger partial charge in [-0.25, -0.2) is 4.99 Å². The molecule has 1 amide bonds. The molecule has 1 aliphatic carbocycles. The van der Waals surface area contributed by atoms with Crippen LogP contribution >= 0.6 is 27.3 Å². The monoisotopic (exact) mass is 447 g/mol. The number of hydrogen-bond acceptors (Lipinski definition) is 5. The molecule has 27 heavy (non-hydrogen) atoms. The van der Waals surface area contributed by atoms with Crippen molar-refractivity contribution in [3.05, 3.63) is 56.2 Å². The summed E-state index contributed by atoms with van der Waals surface area (Å²) in [5.41, 5.74) is 6.35. The van der Waals surface area contributed by atoms with Gasteiger partial charge in [-0.05, 0) is 59.3 Å². The molecule has 4 rings (SSSR count). The van der Waals surface area contributed by atoms with Crippen LogP contribution in [0.2, 0.25) is 0 Å². The Kier molecular flexibility index (Phi) is 4.44. The first-order valence-corrected chi connectivity index (χ1v) is 10.6. The van der Waals surface area contributed by atoms with Gasteiger partial charge in [0.05, 0.1) is 11.5 Å². The maximum atomic E-state index is 13.2. The Balaban J connectivity index is 1.79. The topological polar surface area (TPSA) is 78.9 Å². The lowest BCUT2D eigenvalue weighted by Crippen LogP contribution is -2.52. The highest BCUT2D eigenvalue weighted by Gasteiger charge is 2.48. The van der Waals surface area contributed by atoms with E-state index in [4.69, 9.17) is 10.7 Å². The van der Waals surface area contributed by atoms with Gasteiger partial charge in [-0.2, -0.15) is 0 Å². The van der Waals surface area contributed by atoms with Crippen LogP contribution in [0, 0.1) is 0 Å². The Bertz CT molecular complexity index is 920. The van der Waals surface area contributed by atoms with Crippen molar-refractivity contribution in [1.82, 2.24) is 4.90 Å². The largest absolute Gasteiger partial charge is 0.385 e. The molecule has 5 nitrogen and oxygen atoms in total. The van der Waals surface area contributed by atoms with Crippen LogP contribution in [0.3, 0.4) is 0 Å². The Morgan fingerprint density at radius 1 is 1.33 bits per heavy atom. The molecule has 1 fully saturated rings. The summed E-state index contributed by atoms with van der Waals surface area (Å²) in [4.78, 5) is 20.3. The molecular weight excluding hydrogens is 426 g/mol. The fraction of sp³-hybridized carbons (Fsp3) is 0.400. The van der Waals surface area contributed by atoms with E-state index >= 15 is 0 Å². The lowest BCUT2D eigenvalue weighted by molar-refractivity contribution is -0.130. The van der Waals surface area contributed by atoms with E-state index < -0.39 is 17.1 Å². The summed E-state index contributed by atoms with van der Waals surface area (Å²) in [5.74, 6) is -0.335. The SMILES string of the molecule is CN1C(=O)C(c2ccc(C3(O)CCC3)cc2)[C@@](C)(c2cc(Br)cs2)N=C1N. The maximum Gasteiger partial charge on any atom is 0.239 e. The van der Waals surface area contributed by atoms with Crippen LogP contribution in [-0.2, 0) is 15.9 Å². The Hall–Kier alpha value is -1.70. The number of carbonyl (C=O) groups is 1. The lowest BCUT2D eigenvalue weighted by Gasteiger charge is -2.40. The van der Waals surface area contributed by atoms with Gasteiger partial charge >= 0.3 is 0 Å². The molecule has 3 N–H and O–H groups in total. The van der Waals surface area contributed by atoms with Gasteiger partial charge in [0, 0.05) is 21.8 Å². The van der Waals surface area contributed by atoms with Gasteiger partial charge in [-0.3, -0.25) is 9.69 Å². The standard InChI is InChI=1S/C20H22BrN3O2S/c1-19(15-10-14(21)11-27-15)16(17(25)24(2)18(22)23-19)12-4-6-13(7-5-12)20(26)8-3-9-20/h4-7,10-11,16,26H,3,8-9H2,1-2H3,(H2,22,23)/t16?,19-/m1/s1. The number of halogens is 1. The van der Waals surface area contributed by atoms with Crippen molar-refractivity contribution >= 4 is 39.1 Å². The van der Waals surface area contributed by atoms with E-state index in [0.29, 0.717) is 0 Å². The first-order chi connectivity index (χ1) is 12.7. The Morgan fingerprint density at radius 3 is 2.52 bits per heavy atom. The lowest BCUT2D eigenvalue weighted by atomic mass is 9.73. The fourth-order valence-electron chi connectivity index (χ4n) is 3.95. The van der Waals surface area contributed by atoms with Crippen molar-refractivity contribution in [1.29, 1.82) is 0 Å². The minimum Gasteiger partial charge on any atom is -0.385 e. The smallest absolute Gasteiger partial charge is 0.239 e. The molecule has 0 bridgehead atoms. The quantitative estimate of drug-likeness (QED) is 0.752. The summed E-state index contributed by atoms with van der Waals surface area (Å²) in [6, 6.07) is 9.76. The number of rotatable bonds is 3. The molecule has 1 aromatic heterocycles. The van der Waals surface area contributed by atoms with Crippen molar-refractivity contribution in [3.8, 4) is 0 Å². The summed E-state index contributed by atoms with van der Waals surface area (Å²) < 4.78 is 0.963. The number of guanidine groups is 1. The number of thiophene rings is 1. The highest BCUT2D eigenvalue weighted by Crippen LogP contribution is 2.47. The van der Waals surface area contributed by atoms with E-state index in [1.54, 1.807) is 18.4 Å². The van der Waals surface area contributed by atoms with Gasteiger partial charge in [0.2, 0.25) is 5.91 Å². The molecule has 2 aliphatic rings. The van der Waals surface area contributed by atoms with Crippen LogP contribution in [0.25, 0.3) is 0 Å². The number of aliphatic imine (C=N–C) groups is 1. The second kappa shape index (κ2) is 6.43. The number of hydrogen-bond donors (Lipinski definition) is 2. The molecule has 7 heteroatoms. The maximum absolute atomic E-state index is 13.2. The second-order valence-electron chi connectivity index (χ2n) is 7.58. The molecule has 2 atom stereocenters. The zero-order valence-corrected chi connectivity index (χ0v) is 17.7. The number of amides is 1. The molecule has 142 valence electrons. The molecule has 1 aliphatic heterocycles. The van der Waals surface area contributed by atoms with E-state index in [1.165, 1.54) is 4.90 Å². The fourth-order valence-corrected chi connectivity index (χ4v) is 5.52. The predicted molar refractivity (Wildman–Crippen MR) is 111 cm³/mol. The summed E-state index contributed by atoms with van der Waals surface area (Å²) in [7, 11) is 1.66. The number of nitrogens with two attached hydrogens (primary N) is 1. The number of carbonyl (C=O) groups excluding carboxylic acids is 1. The Labute approximate surface area is 171 Å². The van der Waals surface area contributed by atoms with Gasteiger partial charge in [0.15, 0.2) is 5.96 Å². The highest BCUT2D eigenvalue weighted by atomic mass is 79.9. The third-order valence-corrected chi connectivity index (χ3v) is 7.78. The van der Waals surface area contributed by atoms with Gasteiger partial charge in [0.1, 0.15) is 5.54 Å². The van der Waals surface area contributed by atoms with Gasteiger partial charge in [-0.15, -0.1) is 11.3 Å². The Morgan fingerprint density at radius 2 is 2.00 bits per heavy atom. The number of aliphatic hydroxyl groups is 1. The normalized spacial score (nSPS) is 27.3. The zero-order chi connectivity index (χ0) is 19.4. The zero-order valence-electron chi connectivity index (χ0n) is 15.3. The number of nitrogens with zero attached hydrogens (tertiary/aromatic N) is 2. The minimum atomic E-state index is -0.779. The second-order valence-corrected chi connectivity index (χ2v) is 9.41. The molecule has 2 aromatic rings. The minimum absolute atomic E-state index is 0.0790. The molecule has 0 saturated heterocycles. The van der Waals surface area contributed by atoms with Gasteiger partial charge < -0.3 is 10.8 Å². The molecular formula is C20H22BrN3O2S. The van der Waals surface area contributed by atoms with E-state index in [0.717, 1.165) is 39.7 Å². The van der Waals surface area contributed by atoms with Crippen LogP contribution < -0.4 is 5.73 Å². The molecule has 0 spiro atoms. The first-order valence-electron chi connectivity index (χ1n) is 8.95. The van der Waals surface area contributed by atoms with Crippen LogP contribution in [0.4, 0.5) is 0 Å². The number of benzene rings is 1. The average molecular weight is 448 g/mol. The van der Waals surface area contributed by atoms with Crippen molar-refractivity contribution in [3.63, 3.8) is 0 Å². The summed E-state index contributed by atoms with van der Waals surface area (Å²) >= 11 is 5.05. The van der Waals surface area contributed by atoms with Crippen LogP contribution in [0.1, 0.15) is 48.1 Å². The highest BCUT2D eigenvalue weighted by molar-refractivity contribution is 9.10. The predicted octanol–water partition coefficient (Wildman–Crippen LogP) is 3.67. The van der Waals surface area contributed by atoms with Crippen LogP contribution in [-0.4, -0.2) is 28.9 Å².